The Labute approximate surface area is 315 Å². The molecule has 5 aliphatic rings. The van der Waals surface area contributed by atoms with Gasteiger partial charge >= 0.3 is 12.6 Å². The molecule has 0 aromatic heterocycles. The molecule has 1 N–H and O–H groups in total. The average molecular weight is 775 g/mol. The normalized spacial score (nSPS) is 31.4. The van der Waals surface area contributed by atoms with E-state index in [1.165, 1.54) is 16.0 Å². The molecule has 2 fully saturated rings. The fourth-order valence-corrected chi connectivity index (χ4v) is 11.0. The van der Waals surface area contributed by atoms with E-state index in [4.69, 9.17) is 21.1 Å². The topological polar surface area (TPSA) is 110 Å². The van der Waals surface area contributed by atoms with Crippen molar-refractivity contribution in [2.45, 2.75) is 82.5 Å². The van der Waals surface area contributed by atoms with Gasteiger partial charge in [0.15, 0.2) is 0 Å². The summed E-state index contributed by atoms with van der Waals surface area (Å²) in [6, 6.07) is 10.7. The zero-order chi connectivity index (χ0) is 37.3. The number of alkyl halides is 2. The van der Waals surface area contributed by atoms with Crippen molar-refractivity contribution in [2.75, 3.05) is 50.5 Å². The fourth-order valence-electron chi connectivity index (χ4n) is 8.91. The predicted octanol–water partition coefficient (Wildman–Crippen LogP) is 7.39. The number of likely N-dealkylation sites (tertiary alicyclic amines) is 1. The molecule has 7 rings (SSSR count). The first kappa shape index (κ1) is 38.0. The molecule has 2 aromatic rings. The molecular weight excluding hydrogens is 726 g/mol. The summed E-state index contributed by atoms with van der Waals surface area (Å²) in [4.78, 5) is 31.2. The number of amides is 3. The van der Waals surface area contributed by atoms with Crippen LogP contribution in [0.1, 0.15) is 73.4 Å². The van der Waals surface area contributed by atoms with Crippen molar-refractivity contribution in [1.29, 1.82) is 0 Å². The van der Waals surface area contributed by atoms with Crippen molar-refractivity contribution in [3.8, 4) is 5.75 Å². The van der Waals surface area contributed by atoms with E-state index in [0.717, 1.165) is 49.4 Å². The van der Waals surface area contributed by atoms with E-state index in [0.29, 0.717) is 37.2 Å². The third-order valence-electron chi connectivity index (χ3n) is 11.8. The number of urea groups is 1. The Morgan fingerprint density at radius 2 is 1.96 bits per heavy atom. The zero-order valence-electron chi connectivity index (χ0n) is 30.3. The van der Waals surface area contributed by atoms with Crippen LogP contribution in [0.2, 0.25) is 5.02 Å². The van der Waals surface area contributed by atoms with Gasteiger partial charge in [-0.3, -0.25) is 9.52 Å². The molecule has 3 aliphatic heterocycles. The van der Waals surface area contributed by atoms with Crippen molar-refractivity contribution in [3.05, 3.63) is 70.3 Å². The van der Waals surface area contributed by atoms with Gasteiger partial charge in [0, 0.05) is 49.3 Å². The molecule has 0 radical (unpaired) electrons. The highest BCUT2D eigenvalue weighted by molar-refractivity contribution is 7.92. The van der Waals surface area contributed by atoms with Crippen molar-refractivity contribution < 1.29 is 36.8 Å². The van der Waals surface area contributed by atoms with E-state index in [2.05, 4.69) is 36.9 Å². The van der Waals surface area contributed by atoms with E-state index in [-0.39, 0.29) is 54.7 Å². The third kappa shape index (κ3) is 8.38. The van der Waals surface area contributed by atoms with Crippen LogP contribution in [0.5, 0.6) is 5.75 Å². The molecule has 2 bridgehead atoms. The number of hydrogen-bond acceptors (Lipinski definition) is 7. The Hall–Kier alpha value is -3.26. The maximum Gasteiger partial charge on any atom is 0.345 e. The van der Waals surface area contributed by atoms with Crippen LogP contribution in [0, 0.1) is 17.8 Å². The van der Waals surface area contributed by atoms with Gasteiger partial charge in [0.05, 0.1) is 30.3 Å². The number of carbonyl (C=O) groups excluding carboxylic acids is 2. The zero-order valence-corrected chi connectivity index (χ0v) is 31.9. The SMILES string of the molecule is CO[C@H]1/C=C/C[C@H](C)CS(=O)(NC(=O)N2CCC(OC(F)F)CC2)=NC(=O)c2ccc3c(c2)N(C[C@@H]2CC[C@H]21)C[C@@]1(CCCc2cc(Cl)ccc21)CO3. The molecule has 1 spiro atoms. The number of methoxy groups -OCH3 is 1. The molecule has 3 amide bonds. The largest absolute Gasteiger partial charge is 0.490 e. The van der Waals surface area contributed by atoms with Crippen molar-refractivity contribution in [2.24, 2.45) is 22.1 Å². The molecule has 53 heavy (non-hydrogen) atoms. The number of allylic oxidation sites excluding steroid dienone is 1. The van der Waals surface area contributed by atoms with Gasteiger partial charge in [-0.25, -0.2) is 9.00 Å². The second-order valence-electron chi connectivity index (χ2n) is 15.5. The quantitative estimate of drug-likeness (QED) is 0.323. The molecule has 1 saturated carbocycles. The average Bonchev–Trinajstić information content (AvgIpc) is 3.25. The van der Waals surface area contributed by atoms with Crippen molar-refractivity contribution in [1.82, 2.24) is 9.62 Å². The molecule has 1 saturated heterocycles. The predicted molar refractivity (Wildman–Crippen MR) is 200 cm³/mol. The highest BCUT2D eigenvalue weighted by atomic mass is 35.5. The number of nitrogens with zero attached hydrogens (tertiary/aromatic N) is 3. The van der Waals surface area contributed by atoms with Gasteiger partial charge in [-0.2, -0.15) is 8.78 Å². The Morgan fingerprint density at radius 3 is 2.70 bits per heavy atom. The molecule has 6 atom stereocenters. The van der Waals surface area contributed by atoms with Crippen LogP contribution < -0.4 is 14.4 Å². The summed E-state index contributed by atoms with van der Waals surface area (Å²) in [5.74, 6) is 0.366. The molecule has 3 heterocycles. The number of rotatable bonds is 4. The van der Waals surface area contributed by atoms with Gasteiger partial charge in [-0.1, -0.05) is 36.7 Å². The third-order valence-corrected chi connectivity index (χ3v) is 14.0. The maximum atomic E-state index is 14.6. The minimum absolute atomic E-state index is 0.0599. The molecule has 14 heteroatoms. The maximum absolute atomic E-state index is 14.6. The van der Waals surface area contributed by atoms with Crippen LogP contribution in [0.3, 0.4) is 0 Å². The van der Waals surface area contributed by atoms with E-state index in [9.17, 15) is 22.6 Å². The number of carbonyl (C=O) groups is 2. The van der Waals surface area contributed by atoms with Gasteiger partial charge in [0.1, 0.15) is 15.7 Å². The van der Waals surface area contributed by atoms with Gasteiger partial charge in [0.25, 0.3) is 5.91 Å². The van der Waals surface area contributed by atoms with Crippen LogP contribution >= 0.6 is 11.6 Å². The summed E-state index contributed by atoms with van der Waals surface area (Å²) in [5.41, 5.74) is 3.23. The van der Waals surface area contributed by atoms with Crippen LogP contribution in [-0.4, -0.2) is 85.5 Å². The molecule has 288 valence electrons. The molecule has 1 unspecified atom stereocenters. The Kier molecular flexibility index (Phi) is 11.4. The number of aryl methyl sites for hydroxylation is 1. The van der Waals surface area contributed by atoms with Crippen LogP contribution in [0.25, 0.3) is 0 Å². The smallest absolute Gasteiger partial charge is 0.345 e. The summed E-state index contributed by atoms with van der Waals surface area (Å²) in [6.07, 6.45) is 9.34. The fraction of sp³-hybridized carbons (Fsp3) is 0.590. The highest BCUT2D eigenvalue weighted by Gasteiger charge is 2.44. The number of nitrogens with one attached hydrogen (secondary N) is 1. The number of piperidine rings is 1. The first-order chi connectivity index (χ1) is 25.4. The summed E-state index contributed by atoms with van der Waals surface area (Å²) < 4.78 is 64.2. The number of anilines is 1. The Balaban J connectivity index is 1.23. The number of hydrogen-bond donors (Lipinski definition) is 1. The number of benzene rings is 2. The second kappa shape index (κ2) is 15.8. The van der Waals surface area contributed by atoms with Gasteiger partial charge in [-0.05, 0) is 111 Å². The van der Waals surface area contributed by atoms with E-state index in [1.807, 2.05) is 19.1 Å². The van der Waals surface area contributed by atoms with Crippen LogP contribution in [0.4, 0.5) is 19.3 Å². The summed E-state index contributed by atoms with van der Waals surface area (Å²) in [5, 5.41) is 0.720. The van der Waals surface area contributed by atoms with E-state index >= 15 is 0 Å². The second-order valence-corrected chi connectivity index (χ2v) is 17.9. The van der Waals surface area contributed by atoms with Crippen molar-refractivity contribution >= 4 is 39.1 Å². The van der Waals surface area contributed by atoms with Crippen LogP contribution in [0.15, 0.2) is 52.9 Å². The number of fused-ring (bicyclic) bond motifs is 4. The first-order valence-corrected chi connectivity index (χ1v) is 20.8. The first-order valence-electron chi connectivity index (χ1n) is 18.7. The Morgan fingerprint density at radius 1 is 1.15 bits per heavy atom. The summed E-state index contributed by atoms with van der Waals surface area (Å²) in [6.45, 7) is 1.21. The van der Waals surface area contributed by atoms with Gasteiger partial charge in [-0.15, -0.1) is 4.36 Å². The van der Waals surface area contributed by atoms with Gasteiger partial charge in [0.2, 0.25) is 0 Å². The number of ether oxygens (including phenoxy) is 3. The van der Waals surface area contributed by atoms with Crippen LogP contribution in [-0.2, 0) is 31.2 Å². The lowest BCUT2D eigenvalue weighted by Crippen LogP contribution is -2.49. The number of halogens is 3. The highest BCUT2D eigenvalue weighted by Crippen LogP contribution is 2.47. The Bertz CT molecular complexity index is 1850. The lowest BCUT2D eigenvalue weighted by Gasteiger charge is -2.46. The molecular formula is C39H49ClF2N4O6S. The van der Waals surface area contributed by atoms with E-state index in [1.54, 1.807) is 25.3 Å². The molecule has 2 aliphatic carbocycles. The van der Waals surface area contributed by atoms with E-state index < -0.39 is 34.6 Å². The molecule has 2 aromatic carbocycles. The monoisotopic (exact) mass is 774 g/mol. The summed E-state index contributed by atoms with van der Waals surface area (Å²) >= 11 is 6.45. The van der Waals surface area contributed by atoms with Gasteiger partial charge < -0.3 is 24.0 Å². The standard InChI is InChI=1S/C39H49ClF2N4O6S/c1-25-5-3-7-34(50-2)31-11-8-28(31)21-46-23-39(16-4-6-26-19-29(40)10-12-32(26)39)24-51-35-13-9-27(20-33(35)46)36(47)43-53(49,22-25)44-38(48)45-17-14-30(15-18-45)52-37(41)42/h3,7,9-10,12-13,19-20,25,28,30-31,34,37H,4-6,8,11,14-18,21-24H2,1-2H3,(H,43,44,47,48,49)/b7-3+/t25-,28-,31+,34-,39-,53?/m0/s1. The molecule has 10 nitrogen and oxygen atoms in total. The minimum Gasteiger partial charge on any atom is -0.490 e. The minimum atomic E-state index is -3.61. The lowest BCUT2D eigenvalue weighted by molar-refractivity contribution is -0.171. The lowest BCUT2D eigenvalue weighted by atomic mass is 9.68. The van der Waals surface area contributed by atoms with Crippen molar-refractivity contribution in [3.63, 3.8) is 0 Å². The summed E-state index contributed by atoms with van der Waals surface area (Å²) in [7, 11) is -1.87.